The van der Waals surface area contributed by atoms with Gasteiger partial charge in [-0.15, -0.1) is 0 Å². The van der Waals surface area contributed by atoms with Gasteiger partial charge in [0.15, 0.2) is 29.1 Å². The number of hydrogen-bond acceptors (Lipinski definition) is 8. The van der Waals surface area contributed by atoms with Crippen LogP contribution >= 0.6 is 11.6 Å². The van der Waals surface area contributed by atoms with E-state index < -0.39 is 18.3 Å². The topological polar surface area (TPSA) is 106 Å². The van der Waals surface area contributed by atoms with Crippen molar-refractivity contribution in [1.29, 1.82) is 0 Å². The van der Waals surface area contributed by atoms with E-state index in [4.69, 9.17) is 35.9 Å². The molecule has 134 heavy (non-hydrogen) atoms. The molecule has 0 spiro atoms. The van der Waals surface area contributed by atoms with Crippen molar-refractivity contribution in [2.24, 2.45) is 0 Å². The minimum atomic E-state index is -0.432. The summed E-state index contributed by atoms with van der Waals surface area (Å²) >= 11 is 5.99. The molecular weight excluding hydrogens is 1660 g/mol. The van der Waals surface area contributed by atoms with E-state index >= 15 is 0 Å². The monoisotopic (exact) mass is 1740 g/mol. The second-order valence-corrected chi connectivity index (χ2v) is 38.3. The number of hydrogen-bond donors (Lipinski definition) is 0. The molecule has 0 amide bonds. The second kappa shape index (κ2) is 30.7. The lowest BCUT2D eigenvalue weighted by molar-refractivity contribution is 0.00578. The van der Waals surface area contributed by atoms with E-state index in [0.717, 1.165) is 55.7 Å². The van der Waals surface area contributed by atoms with Gasteiger partial charge >= 0.3 is 7.12 Å². The predicted octanol–water partition coefficient (Wildman–Crippen LogP) is 30.7. The third kappa shape index (κ3) is 12.8. The molecular formula is C122H88BClN8O2. The summed E-state index contributed by atoms with van der Waals surface area (Å²) in [5.74, 6) is 3.11. The fourth-order valence-electron chi connectivity index (χ4n) is 21.6. The maximum atomic E-state index is 6.53. The van der Waals surface area contributed by atoms with Gasteiger partial charge in [0.1, 0.15) is 0 Å². The molecule has 0 unspecified atom stereocenters. The zero-order valence-electron chi connectivity index (χ0n) is 75.3. The van der Waals surface area contributed by atoms with Crippen LogP contribution in [0.15, 0.2) is 388 Å². The van der Waals surface area contributed by atoms with Crippen LogP contribution in [0.25, 0.3) is 220 Å². The Morgan fingerprint density at radius 1 is 0.231 bits per heavy atom. The first-order valence-corrected chi connectivity index (χ1v) is 46.4. The lowest BCUT2D eigenvalue weighted by Gasteiger charge is -2.32. The van der Waals surface area contributed by atoms with Crippen molar-refractivity contribution in [2.45, 2.75) is 77.4 Å². The average molecular weight is 1740 g/mol. The highest BCUT2D eigenvalue weighted by molar-refractivity contribution is 6.62. The average Bonchev–Trinajstić information content (AvgIpc) is 1.52. The minimum absolute atomic E-state index is 0.202. The van der Waals surface area contributed by atoms with Crippen molar-refractivity contribution in [3.05, 3.63) is 416 Å². The maximum absolute atomic E-state index is 6.53. The van der Waals surface area contributed by atoms with Gasteiger partial charge in [0, 0.05) is 71.6 Å². The SMILES string of the molecule is CC1(C)c2cc3c(cc2-c2cc4c5ccc(-c6nc(-c7ccccc7)nc(-c7ccccc7)n6)cc5n(-c5ccccc5)c4cc21)c1ccccc1c1ccc2ccccc2c13.CC1(C)c2cc3c(cc2-c2cc4c5ccc(B6OC(C)(C)C(C)(C)O6)cc5n(-c5ccccc5)c4cc21)c1ccccc1c1ccc2ccccc2c13.Clc1nc(-c2ccccc2)nc(-c2ccccc2)n1. The molecule has 638 valence electrons. The lowest BCUT2D eigenvalue weighted by atomic mass is 9.78. The van der Waals surface area contributed by atoms with Crippen molar-refractivity contribution in [1.82, 2.24) is 39.0 Å². The largest absolute Gasteiger partial charge is 0.494 e. The summed E-state index contributed by atoms with van der Waals surface area (Å²) < 4.78 is 17.9. The van der Waals surface area contributed by atoms with Crippen LogP contribution in [-0.2, 0) is 20.1 Å². The van der Waals surface area contributed by atoms with Crippen LogP contribution in [0.3, 0.4) is 0 Å². The smallest absolute Gasteiger partial charge is 0.399 e. The van der Waals surface area contributed by atoms with Crippen LogP contribution in [0, 0.1) is 0 Å². The van der Waals surface area contributed by atoms with E-state index in [1.807, 2.05) is 97.1 Å². The van der Waals surface area contributed by atoms with E-state index in [0.29, 0.717) is 29.1 Å². The molecule has 0 radical (unpaired) electrons. The summed E-state index contributed by atoms with van der Waals surface area (Å²) in [4.78, 5) is 28.0. The number of para-hydroxylation sites is 2. The third-order valence-corrected chi connectivity index (χ3v) is 29.2. The van der Waals surface area contributed by atoms with Crippen LogP contribution in [0.5, 0.6) is 0 Å². The second-order valence-electron chi connectivity index (χ2n) is 37.9. The normalized spacial score (nSPS) is 14.3. The molecule has 10 nitrogen and oxygen atoms in total. The highest BCUT2D eigenvalue weighted by Crippen LogP contribution is 2.57. The Labute approximate surface area is 780 Å². The number of rotatable bonds is 8. The summed E-state index contributed by atoms with van der Waals surface area (Å²) in [5, 5.41) is 26.0. The molecule has 27 rings (SSSR count). The molecule has 20 aromatic carbocycles. The van der Waals surface area contributed by atoms with Crippen molar-refractivity contribution in [2.75, 3.05) is 0 Å². The molecule has 1 saturated heterocycles. The summed E-state index contributed by atoms with van der Waals surface area (Å²) in [6.07, 6.45) is 0. The van der Waals surface area contributed by atoms with Crippen LogP contribution in [0.4, 0.5) is 0 Å². The Balaban J connectivity index is 0.000000121. The molecule has 5 heterocycles. The van der Waals surface area contributed by atoms with Crippen LogP contribution in [-0.4, -0.2) is 57.4 Å². The highest BCUT2D eigenvalue weighted by atomic mass is 35.5. The zero-order chi connectivity index (χ0) is 90.2. The summed E-state index contributed by atoms with van der Waals surface area (Å²) in [7, 11) is -0.432. The van der Waals surface area contributed by atoms with E-state index in [2.05, 4.69) is 371 Å². The number of aromatic nitrogens is 8. The molecule has 1 aliphatic heterocycles. The highest BCUT2D eigenvalue weighted by Gasteiger charge is 2.52. The van der Waals surface area contributed by atoms with Gasteiger partial charge in [-0.2, -0.15) is 9.97 Å². The van der Waals surface area contributed by atoms with Crippen molar-refractivity contribution < 1.29 is 9.31 Å². The quantitative estimate of drug-likeness (QED) is 0.109. The van der Waals surface area contributed by atoms with Gasteiger partial charge in [-0.1, -0.05) is 331 Å². The van der Waals surface area contributed by atoms with Crippen molar-refractivity contribution in [3.8, 4) is 90.6 Å². The van der Waals surface area contributed by atoms with Gasteiger partial charge in [-0.25, -0.2) is 19.9 Å². The van der Waals surface area contributed by atoms with Gasteiger partial charge in [0.2, 0.25) is 5.28 Å². The van der Waals surface area contributed by atoms with E-state index in [9.17, 15) is 0 Å². The Hall–Kier alpha value is -15.6. The standard InChI is InChI=1S/C58H38N4.C49H40BNO2.C15H10ClN3/c1-58(2)50-33-49-45(42-25-15-14-24-41(42)44-29-26-35-16-12-13-23-40(35)54(44)49)31-46(50)47-32-48-43-28-27-38(30-52(43)62(53(48)34-51(47)58)39-21-10-5-11-22-39)57-60-55(36-17-6-3-7-18-36)59-56(61-57)37-19-8-4-9-20-37;1-47(2)42-27-41-37(34-19-13-12-18-33(34)36-22-20-29-14-10-11-17-32(29)46(36)41)25-38(42)39-26-40-35-23-21-30(50-52-48(3,4)49(5,6)53-50)24-44(35)51(45(40)28-43(39)47)31-15-8-7-9-16-31;16-15-18-13(11-7-3-1-4-8-11)17-14(19-15)12-9-5-2-6-10-12/h3-34H,1-2H3;7-28H,1-6H3;1-10H. The maximum Gasteiger partial charge on any atom is 0.494 e. The molecule has 0 bridgehead atoms. The Morgan fingerprint density at radius 2 is 0.530 bits per heavy atom. The van der Waals surface area contributed by atoms with Gasteiger partial charge < -0.3 is 18.4 Å². The molecule has 1 fully saturated rings. The number of nitrogens with zero attached hydrogens (tertiary/aromatic N) is 8. The van der Waals surface area contributed by atoms with Gasteiger partial charge in [-0.05, 0) is 260 Å². The molecule has 12 heteroatoms. The molecule has 4 aromatic heterocycles. The molecule has 0 N–H and O–H groups in total. The third-order valence-electron chi connectivity index (χ3n) is 29.0. The van der Waals surface area contributed by atoms with Crippen LogP contribution in [0.2, 0.25) is 5.28 Å². The summed E-state index contributed by atoms with van der Waals surface area (Å²) in [5.41, 5.74) is 22.1. The Morgan fingerprint density at radius 3 is 0.925 bits per heavy atom. The van der Waals surface area contributed by atoms with Crippen molar-refractivity contribution in [3.63, 3.8) is 0 Å². The molecule has 2 aliphatic carbocycles. The summed E-state index contributed by atoms with van der Waals surface area (Å²) in [6, 6.07) is 139. The zero-order valence-corrected chi connectivity index (χ0v) is 76.1. The van der Waals surface area contributed by atoms with Gasteiger partial charge in [0.05, 0.1) is 33.3 Å². The fourth-order valence-corrected chi connectivity index (χ4v) is 21.8. The van der Waals surface area contributed by atoms with Gasteiger partial charge in [0.25, 0.3) is 0 Å². The molecule has 0 atom stereocenters. The molecule has 0 saturated carbocycles. The Bertz CT molecular complexity index is 8880. The predicted molar refractivity (Wildman–Crippen MR) is 558 cm³/mol. The fraction of sp³-hybridized carbons (Fsp3) is 0.0984. The number of benzene rings is 20. The summed E-state index contributed by atoms with van der Waals surface area (Å²) in [6.45, 7) is 18.1. The van der Waals surface area contributed by atoms with Crippen LogP contribution < -0.4 is 5.46 Å². The van der Waals surface area contributed by atoms with Crippen molar-refractivity contribution >= 4 is 154 Å². The first-order valence-electron chi connectivity index (χ1n) is 46.1. The van der Waals surface area contributed by atoms with Crippen LogP contribution in [0.1, 0.15) is 77.6 Å². The first kappa shape index (κ1) is 80.5. The number of fused-ring (bicyclic) bond motifs is 28. The van der Waals surface area contributed by atoms with E-state index in [1.54, 1.807) is 0 Å². The lowest BCUT2D eigenvalue weighted by Crippen LogP contribution is -2.41. The first-order chi connectivity index (χ1) is 65.3. The van der Waals surface area contributed by atoms with Gasteiger partial charge in [-0.3, -0.25) is 0 Å². The molecule has 24 aromatic rings. The van der Waals surface area contributed by atoms with E-state index in [1.165, 1.54) is 163 Å². The van der Waals surface area contributed by atoms with E-state index in [-0.39, 0.29) is 16.1 Å². The molecule has 3 aliphatic rings. The Kier molecular flexibility index (Phi) is 18.5. The minimum Gasteiger partial charge on any atom is -0.399 e. The number of halogens is 1.